The summed E-state index contributed by atoms with van der Waals surface area (Å²) in [6.45, 7) is 7.61. The number of aromatic nitrogens is 2. The summed E-state index contributed by atoms with van der Waals surface area (Å²) < 4.78 is 7.63. The van der Waals surface area contributed by atoms with E-state index in [0.717, 1.165) is 43.8 Å². The first-order valence-corrected chi connectivity index (χ1v) is 10.3. The number of hydrogen-bond acceptors (Lipinski definition) is 4. The molecule has 2 atom stereocenters. The van der Waals surface area contributed by atoms with Gasteiger partial charge in [-0.25, -0.2) is 4.98 Å². The first-order chi connectivity index (χ1) is 13.2. The summed E-state index contributed by atoms with van der Waals surface area (Å²) in [6.07, 6.45) is 7.47. The van der Waals surface area contributed by atoms with Crippen LogP contribution in [0, 0.1) is 0 Å². The van der Waals surface area contributed by atoms with Gasteiger partial charge < -0.3 is 14.4 Å². The maximum Gasteiger partial charge on any atom is 0.140 e. The molecule has 0 unspecified atom stereocenters. The number of benzene rings is 1. The predicted octanol–water partition coefficient (Wildman–Crippen LogP) is 3.74. The molecule has 0 aliphatic carbocycles. The van der Waals surface area contributed by atoms with Crippen molar-refractivity contribution in [2.75, 3.05) is 7.11 Å². The second-order valence-electron chi connectivity index (χ2n) is 9.64. The Labute approximate surface area is 168 Å². The molecule has 1 aromatic carbocycles. The molecule has 5 nitrogen and oxygen atoms in total. The highest BCUT2D eigenvalue weighted by molar-refractivity contribution is 5.40. The summed E-state index contributed by atoms with van der Waals surface area (Å²) in [5.41, 5.74) is 1.87. The highest BCUT2D eigenvalue weighted by Crippen LogP contribution is 2.46. The van der Waals surface area contributed by atoms with E-state index >= 15 is 0 Å². The monoisotopic (exact) mass is 383 g/mol. The molecule has 1 N–H and O–H groups in total. The van der Waals surface area contributed by atoms with E-state index in [-0.39, 0.29) is 5.41 Å². The van der Waals surface area contributed by atoms with Gasteiger partial charge in [-0.05, 0) is 42.7 Å². The van der Waals surface area contributed by atoms with Crippen LogP contribution < -0.4 is 4.74 Å². The van der Waals surface area contributed by atoms with Crippen molar-refractivity contribution in [3.8, 4) is 5.75 Å². The van der Waals surface area contributed by atoms with E-state index in [1.54, 1.807) is 13.3 Å². The van der Waals surface area contributed by atoms with Crippen molar-refractivity contribution >= 4 is 0 Å². The SMILES string of the molecule is COc1ccc(C(C)(C)C)cc1CN1[C@@H]2CC[C@@H]1CC(O)(c1nccn1C)C2. The Morgan fingerprint density at radius 2 is 1.89 bits per heavy atom. The first kappa shape index (κ1) is 19.5. The van der Waals surface area contributed by atoms with E-state index in [0.29, 0.717) is 12.1 Å². The molecule has 0 radical (unpaired) electrons. The Kier molecular flexibility index (Phi) is 4.79. The zero-order valence-corrected chi connectivity index (χ0v) is 17.8. The Morgan fingerprint density at radius 3 is 2.43 bits per heavy atom. The van der Waals surface area contributed by atoms with E-state index in [9.17, 15) is 5.11 Å². The van der Waals surface area contributed by atoms with Crippen molar-refractivity contribution in [1.82, 2.24) is 14.5 Å². The largest absolute Gasteiger partial charge is 0.496 e. The van der Waals surface area contributed by atoms with E-state index < -0.39 is 5.60 Å². The standard InChI is InChI=1S/C23H33N3O2/c1-22(2,3)17-6-9-20(28-5)16(12-17)15-26-18-7-8-19(26)14-23(27,13-18)21-24-10-11-25(21)4/h6,9-12,18-19,27H,7-8,13-15H2,1-5H3/t18-,19-/m1/s1. The van der Waals surface area contributed by atoms with Gasteiger partial charge in [-0.2, -0.15) is 0 Å². The molecule has 0 saturated carbocycles. The van der Waals surface area contributed by atoms with Crippen LogP contribution in [0.5, 0.6) is 5.75 Å². The predicted molar refractivity (Wildman–Crippen MR) is 110 cm³/mol. The van der Waals surface area contributed by atoms with Gasteiger partial charge in [0, 0.05) is 43.6 Å². The number of hydrogen-bond donors (Lipinski definition) is 1. The van der Waals surface area contributed by atoms with Gasteiger partial charge in [0.1, 0.15) is 17.2 Å². The number of rotatable bonds is 4. The topological polar surface area (TPSA) is 50.5 Å². The molecule has 3 heterocycles. The summed E-state index contributed by atoms with van der Waals surface area (Å²) in [6, 6.07) is 7.34. The van der Waals surface area contributed by atoms with E-state index in [4.69, 9.17) is 4.74 Å². The van der Waals surface area contributed by atoms with Gasteiger partial charge in [-0.3, -0.25) is 4.90 Å². The fourth-order valence-electron chi connectivity index (χ4n) is 5.14. The lowest BCUT2D eigenvalue weighted by Gasteiger charge is -2.43. The van der Waals surface area contributed by atoms with Crippen LogP contribution in [0.1, 0.15) is 63.4 Å². The van der Waals surface area contributed by atoms with Gasteiger partial charge in [0.2, 0.25) is 0 Å². The van der Waals surface area contributed by atoms with Crippen molar-refractivity contribution in [2.45, 2.75) is 76.1 Å². The van der Waals surface area contributed by atoms with Crippen molar-refractivity contribution in [3.05, 3.63) is 47.5 Å². The molecular weight excluding hydrogens is 350 g/mol. The fourth-order valence-corrected chi connectivity index (χ4v) is 5.14. The van der Waals surface area contributed by atoms with Crippen molar-refractivity contribution in [2.24, 2.45) is 7.05 Å². The van der Waals surface area contributed by atoms with Crippen LogP contribution in [-0.4, -0.2) is 38.8 Å². The summed E-state index contributed by atoms with van der Waals surface area (Å²) in [5, 5.41) is 11.4. The molecular formula is C23H33N3O2. The van der Waals surface area contributed by atoms with Crippen LogP contribution in [0.3, 0.4) is 0 Å². The average Bonchev–Trinajstić information content (AvgIpc) is 3.16. The number of imidazole rings is 1. The Balaban J connectivity index is 1.59. The third-order valence-corrected chi connectivity index (χ3v) is 6.65. The second-order valence-corrected chi connectivity index (χ2v) is 9.64. The van der Waals surface area contributed by atoms with Gasteiger partial charge >= 0.3 is 0 Å². The summed E-state index contributed by atoms with van der Waals surface area (Å²) in [5.74, 6) is 1.76. The van der Waals surface area contributed by atoms with Gasteiger partial charge in [-0.1, -0.05) is 32.9 Å². The molecule has 2 saturated heterocycles. The van der Waals surface area contributed by atoms with Crippen LogP contribution in [0.25, 0.3) is 0 Å². The number of aliphatic hydroxyl groups is 1. The summed E-state index contributed by atoms with van der Waals surface area (Å²) in [7, 11) is 3.72. The molecule has 1 aromatic heterocycles. The van der Waals surface area contributed by atoms with E-state index in [1.165, 1.54) is 11.1 Å². The maximum absolute atomic E-state index is 11.4. The van der Waals surface area contributed by atoms with Crippen LogP contribution in [0.4, 0.5) is 0 Å². The zero-order valence-electron chi connectivity index (χ0n) is 17.8. The van der Waals surface area contributed by atoms with Gasteiger partial charge in [0.05, 0.1) is 7.11 Å². The van der Waals surface area contributed by atoms with Crippen molar-refractivity contribution in [3.63, 3.8) is 0 Å². The third kappa shape index (κ3) is 3.35. The minimum atomic E-state index is -0.822. The number of ether oxygens (including phenoxy) is 1. The molecule has 5 heteroatoms. The third-order valence-electron chi connectivity index (χ3n) is 6.65. The summed E-state index contributed by atoms with van der Waals surface area (Å²) >= 11 is 0. The van der Waals surface area contributed by atoms with Gasteiger partial charge in [0.15, 0.2) is 0 Å². The minimum Gasteiger partial charge on any atom is -0.496 e. The Hall–Kier alpha value is -1.85. The lowest BCUT2D eigenvalue weighted by atomic mass is 9.84. The molecule has 0 spiro atoms. The Bertz CT molecular complexity index is 838. The van der Waals surface area contributed by atoms with Gasteiger partial charge in [0.25, 0.3) is 0 Å². The quantitative estimate of drug-likeness (QED) is 0.874. The van der Waals surface area contributed by atoms with Crippen molar-refractivity contribution in [1.29, 1.82) is 0 Å². The first-order valence-electron chi connectivity index (χ1n) is 10.3. The lowest BCUT2D eigenvalue weighted by Crippen LogP contribution is -2.50. The molecule has 152 valence electrons. The normalized spacial score (nSPS) is 27.9. The molecule has 0 amide bonds. The molecule has 28 heavy (non-hydrogen) atoms. The minimum absolute atomic E-state index is 0.111. The van der Waals surface area contributed by atoms with Crippen molar-refractivity contribution < 1.29 is 9.84 Å². The smallest absolute Gasteiger partial charge is 0.140 e. The molecule has 4 rings (SSSR count). The highest BCUT2D eigenvalue weighted by atomic mass is 16.5. The van der Waals surface area contributed by atoms with Crippen LogP contribution in [0.15, 0.2) is 30.6 Å². The Morgan fingerprint density at radius 1 is 1.21 bits per heavy atom. The number of piperidine rings is 1. The number of methoxy groups -OCH3 is 1. The number of aryl methyl sites for hydroxylation is 1. The molecule has 2 aromatic rings. The zero-order chi connectivity index (χ0) is 20.1. The molecule has 2 fully saturated rings. The highest BCUT2D eigenvalue weighted by Gasteiger charge is 2.49. The fraction of sp³-hybridized carbons (Fsp3) is 0.609. The second kappa shape index (κ2) is 6.89. The van der Waals surface area contributed by atoms with Crippen LogP contribution in [0.2, 0.25) is 0 Å². The number of nitrogens with zero attached hydrogens (tertiary/aromatic N) is 3. The van der Waals surface area contributed by atoms with E-state index in [2.05, 4.69) is 48.9 Å². The lowest BCUT2D eigenvalue weighted by molar-refractivity contribution is -0.0670. The maximum atomic E-state index is 11.4. The molecule has 2 bridgehead atoms. The van der Waals surface area contributed by atoms with Crippen LogP contribution in [-0.2, 0) is 24.6 Å². The average molecular weight is 384 g/mol. The van der Waals surface area contributed by atoms with E-state index in [1.807, 2.05) is 17.8 Å². The molecule has 2 aliphatic rings. The van der Waals surface area contributed by atoms with Gasteiger partial charge in [-0.15, -0.1) is 0 Å². The molecule has 2 aliphatic heterocycles. The summed E-state index contributed by atoms with van der Waals surface area (Å²) in [4.78, 5) is 7.04. The van der Waals surface area contributed by atoms with Crippen LogP contribution >= 0.6 is 0 Å². The number of fused-ring (bicyclic) bond motifs is 2.